The maximum atomic E-state index is 13.2. The summed E-state index contributed by atoms with van der Waals surface area (Å²) in [6, 6.07) is 23.9. The van der Waals surface area contributed by atoms with Crippen LogP contribution in [0.5, 0.6) is 0 Å². The van der Waals surface area contributed by atoms with Crippen LogP contribution in [0.15, 0.2) is 78.9 Å². The molecule has 162 valence electrons. The molecular formula is C25H23ClN4O2. The predicted octanol–water partition coefficient (Wildman–Crippen LogP) is 4.67. The van der Waals surface area contributed by atoms with Crippen molar-refractivity contribution in [2.75, 3.05) is 11.4 Å². The number of anilines is 1. The first-order valence-electron chi connectivity index (χ1n) is 10.4. The molecule has 2 amide bonds. The zero-order chi connectivity index (χ0) is 22.5. The Kier molecular flexibility index (Phi) is 6.52. The predicted molar refractivity (Wildman–Crippen MR) is 127 cm³/mol. The van der Waals surface area contributed by atoms with Crippen molar-refractivity contribution in [3.05, 3.63) is 95.3 Å². The van der Waals surface area contributed by atoms with Crippen LogP contribution in [0, 0.1) is 0 Å². The number of halogens is 1. The van der Waals surface area contributed by atoms with Gasteiger partial charge < -0.3 is 14.8 Å². The van der Waals surface area contributed by atoms with Crippen molar-refractivity contribution in [1.29, 1.82) is 0 Å². The molecule has 0 spiro atoms. The van der Waals surface area contributed by atoms with Gasteiger partial charge in [-0.1, -0.05) is 41.9 Å². The maximum Gasteiger partial charge on any atom is 0.251 e. The van der Waals surface area contributed by atoms with E-state index in [9.17, 15) is 9.59 Å². The molecule has 0 aliphatic rings. The first-order chi connectivity index (χ1) is 15.6. The molecule has 0 saturated carbocycles. The smallest absolute Gasteiger partial charge is 0.251 e. The second-order valence-corrected chi connectivity index (χ2v) is 7.70. The van der Waals surface area contributed by atoms with Crippen LogP contribution in [0.4, 0.5) is 5.69 Å². The Balaban J connectivity index is 1.58. The third-order valence-electron chi connectivity index (χ3n) is 5.23. The van der Waals surface area contributed by atoms with Gasteiger partial charge >= 0.3 is 0 Å². The normalized spacial score (nSPS) is 10.8. The summed E-state index contributed by atoms with van der Waals surface area (Å²) < 4.78 is 1.87. The summed E-state index contributed by atoms with van der Waals surface area (Å²) in [5.41, 5.74) is 2.98. The van der Waals surface area contributed by atoms with Gasteiger partial charge in [0.1, 0.15) is 12.4 Å². The van der Waals surface area contributed by atoms with Gasteiger partial charge in [0.25, 0.3) is 5.91 Å². The Labute approximate surface area is 191 Å². The van der Waals surface area contributed by atoms with Gasteiger partial charge in [0.05, 0.1) is 17.6 Å². The summed E-state index contributed by atoms with van der Waals surface area (Å²) in [6.07, 6.45) is 0. The number of nitrogens with one attached hydrogen (secondary N) is 1. The van der Waals surface area contributed by atoms with Crippen molar-refractivity contribution in [3.63, 3.8) is 0 Å². The van der Waals surface area contributed by atoms with E-state index >= 15 is 0 Å². The van der Waals surface area contributed by atoms with Gasteiger partial charge in [0, 0.05) is 22.8 Å². The molecule has 0 aliphatic carbocycles. The van der Waals surface area contributed by atoms with E-state index in [1.54, 1.807) is 29.2 Å². The highest BCUT2D eigenvalue weighted by Crippen LogP contribution is 2.19. The fourth-order valence-corrected chi connectivity index (χ4v) is 3.76. The zero-order valence-corrected chi connectivity index (χ0v) is 18.4. The average Bonchev–Trinajstić information content (AvgIpc) is 3.16. The van der Waals surface area contributed by atoms with E-state index in [4.69, 9.17) is 11.6 Å². The highest BCUT2D eigenvalue weighted by atomic mass is 35.5. The lowest BCUT2D eigenvalue weighted by Crippen LogP contribution is -2.34. The minimum atomic E-state index is -0.230. The van der Waals surface area contributed by atoms with Crippen molar-refractivity contribution >= 4 is 40.1 Å². The highest BCUT2D eigenvalue weighted by molar-refractivity contribution is 6.30. The number of hydrogen-bond donors (Lipinski definition) is 1. The van der Waals surface area contributed by atoms with Gasteiger partial charge in [-0.25, -0.2) is 4.98 Å². The largest absolute Gasteiger partial charge is 0.345 e. The third-order valence-corrected chi connectivity index (χ3v) is 5.48. The lowest BCUT2D eigenvalue weighted by Gasteiger charge is -2.22. The van der Waals surface area contributed by atoms with Crippen LogP contribution in [0.2, 0.25) is 5.02 Å². The molecule has 1 N–H and O–H groups in total. The van der Waals surface area contributed by atoms with Crippen LogP contribution in [0.25, 0.3) is 11.0 Å². The van der Waals surface area contributed by atoms with E-state index in [0.29, 0.717) is 23.0 Å². The SMILES string of the molecule is CCN(C(=O)Cn1c(CNC(=O)c2ccc(Cl)cc2)nc2ccccc21)c1ccccc1. The van der Waals surface area contributed by atoms with E-state index in [1.165, 1.54) is 0 Å². The molecule has 1 heterocycles. The molecule has 0 radical (unpaired) electrons. The molecule has 6 nitrogen and oxygen atoms in total. The molecule has 0 aliphatic heterocycles. The summed E-state index contributed by atoms with van der Waals surface area (Å²) in [4.78, 5) is 32.2. The van der Waals surface area contributed by atoms with Crippen molar-refractivity contribution < 1.29 is 9.59 Å². The number of rotatable bonds is 7. The van der Waals surface area contributed by atoms with Crippen LogP contribution in [-0.4, -0.2) is 27.9 Å². The lowest BCUT2D eigenvalue weighted by atomic mass is 10.2. The number of amides is 2. The molecule has 0 bridgehead atoms. The number of nitrogens with zero attached hydrogens (tertiary/aromatic N) is 3. The molecule has 4 aromatic rings. The fraction of sp³-hybridized carbons (Fsp3) is 0.160. The summed E-state index contributed by atoms with van der Waals surface area (Å²) in [6.45, 7) is 2.82. The highest BCUT2D eigenvalue weighted by Gasteiger charge is 2.19. The lowest BCUT2D eigenvalue weighted by molar-refractivity contribution is -0.119. The van der Waals surface area contributed by atoms with Crippen molar-refractivity contribution in [1.82, 2.24) is 14.9 Å². The Bertz CT molecular complexity index is 1240. The number of carbonyl (C=O) groups is 2. The summed E-state index contributed by atoms with van der Waals surface area (Å²) in [5, 5.41) is 3.46. The number of imidazole rings is 1. The minimum absolute atomic E-state index is 0.0490. The van der Waals surface area contributed by atoms with Crippen LogP contribution < -0.4 is 10.2 Å². The van der Waals surface area contributed by atoms with Crippen LogP contribution in [0.1, 0.15) is 23.1 Å². The Hall–Kier alpha value is -3.64. The van der Waals surface area contributed by atoms with E-state index in [0.717, 1.165) is 16.7 Å². The molecule has 0 unspecified atom stereocenters. The van der Waals surface area contributed by atoms with E-state index in [2.05, 4.69) is 10.3 Å². The third kappa shape index (κ3) is 4.65. The molecule has 4 rings (SSSR count). The number of carbonyl (C=O) groups excluding carboxylic acids is 2. The zero-order valence-electron chi connectivity index (χ0n) is 17.7. The van der Waals surface area contributed by atoms with Gasteiger partial charge in [-0.15, -0.1) is 0 Å². The average molecular weight is 447 g/mol. The Morgan fingerprint density at radius 3 is 2.38 bits per heavy atom. The number of likely N-dealkylation sites (N-methyl/N-ethyl adjacent to an activating group) is 1. The molecule has 0 atom stereocenters. The number of benzene rings is 3. The van der Waals surface area contributed by atoms with Gasteiger partial charge in [0.2, 0.25) is 5.91 Å². The minimum Gasteiger partial charge on any atom is -0.345 e. The second kappa shape index (κ2) is 9.66. The molecule has 3 aromatic carbocycles. The summed E-state index contributed by atoms with van der Waals surface area (Å²) in [7, 11) is 0. The quantitative estimate of drug-likeness (QED) is 0.448. The number of aromatic nitrogens is 2. The maximum absolute atomic E-state index is 13.2. The topological polar surface area (TPSA) is 67.2 Å². The molecule has 0 fully saturated rings. The van der Waals surface area contributed by atoms with Crippen molar-refractivity contribution in [2.24, 2.45) is 0 Å². The standard InChI is InChI=1S/C25H23ClN4O2/c1-2-29(20-8-4-3-5-9-20)24(31)17-30-22-11-7-6-10-21(22)28-23(30)16-27-25(32)18-12-14-19(26)15-13-18/h3-15H,2,16-17H2,1H3,(H,27,32). The Morgan fingerprint density at radius 1 is 0.969 bits per heavy atom. The van der Waals surface area contributed by atoms with Gasteiger partial charge in [-0.3, -0.25) is 9.59 Å². The van der Waals surface area contributed by atoms with E-state index in [-0.39, 0.29) is 24.9 Å². The molecule has 0 saturated heterocycles. The summed E-state index contributed by atoms with van der Waals surface area (Å²) >= 11 is 5.90. The van der Waals surface area contributed by atoms with Crippen molar-refractivity contribution in [3.8, 4) is 0 Å². The fourth-order valence-electron chi connectivity index (χ4n) is 3.63. The molecule has 7 heteroatoms. The van der Waals surface area contributed by atoms with E-state index in [1.807, 2.05) is 66.1 Å². The van der Waals surface area contributed by atoms with E-state index < -0.39 is 0 Å². The number of hydrogen-bond acceptors (Lipinski definition) is 3. The number of para-hydroxylation sites is 3. The first-order valence-corrected chi connectivity index (χ1v) is 10.8. The van der Waals surface area contributed by atoms with Crippen LogP contribution in [-0.2, 0) is 17.9 Å². The monoisotopic (exact) mass is 446 g/mol. The first kappa shape index (κ1) is 21.6. The summed E-state index contributed by atoms with van der Waals surface area (Å²) in [5.74, 6) is 0.337. The molecule has 32 heavy (non-hydrogen) atoms. The van der Waals surface area contributed by atoms with Gasteiger partial charge in [-0.05, 0) is 55.5 Å². The second-order valence-electron chi connectivity index (χ2n) is 7.27. The Morgan fingerprint density at radius 2 is 1.66 bits per heavy atom. The van der Waals surface area contributed by atoms with Crippen LogP contribution in [0.3, 0.4) is 0 Å². The molecule has 1 aromatic heterocycles. The van der Waals surface area contributed by atoms with Gasteiger partial charge in [-0.2, -0.15) is 0 Å². The number of fused-ring (bicyclic) bond motifs is 1. The van der Waals surface area contributed by atoms with Crippen molar-refractivity contribution in [2.45, 2.75) is 20.0 Å². The van der Waals surface area contributed by atoms with Crippen LogP contribution >= 0.6 is 11.6 Å². The van der Waals surface area contributed by atoms with Gasteiger partial charge in [0.15, 0.2) is 0 Å². The molecular weight excluding hydrogens is 424 g/mol.